The van der Waals surface area contributed by atoms with Crippen molar-refractivity contribution in [3.63, 3.8) is 0 Å². The van der Waals surface area contributed by atoms with Crippen molar-refractivity contribution in [2.75, 3.05) is 13.1 Å². The lowest BCUT2D eigenvalue weighted by Crippen LogP contribution is -2.66. The molecule has 3 unspecified atom stereocenters. The second kappa shape index (κ2) is 4.50. The first-order valence-electron chi connectivity index (χ1n) is 7.59. The molecular formula is C15H24N2O2. The van der Waals surface area contributed by atoms with Crippen LogP contribution in [0.3, 0.4) is 0 Å². The molecule has 3 rings (SSSR count). The van der Waals surface area contributed by atoms with Gasteiger partial charge in [0.2, 0.25) is 11.8 Å². The Kier molecular flexibility index (Phi) is 3.06. The Morgan fingerprint density at radius 1 is 1.26 bits per heavy atom. The molecule has 3 atom stereocenters. The Morgan fingerprint density at radius 3 is 2.58 bits per heavy atom. The number of nitrogens with zero attached hydrogens (tertiary/aromatic N) is 1. The molecule has 1 heterocycles. The van der Waals surface area contributed by atoms with Crippen LogP contribution in [-0.4, -0.2) is 35.3 Å². The van der Waals surface area contributed by atoms with Crippen LogP contribution in [0.4, 0.5) is 0 Å². The van der Waals surface area contributed by atoms with Crippen LogP contribution in [0, 0.1) is 17.8 Å². The zero-order valence-electron chi connectivity index (χ0n) is 11.9. The molecule has 0 bridgehead atoms. The summed E-state index contributed by atoms with van der Waals surface area (Å²) in [6.07, 6.45) is 5.80. The van der Waals surface area contributed by atoms with Crippen LogP contribution >= 0.6 is 0 Å². The van der Waals surface area contributed by atoms with Gasteiger partial charge in [-0.3, -0.25) is 9.59 Å². The van der Waals surface area contributed by atoms with Crippen LogP contribution < -0.4 is 5.32 Å². The second-order valence-electron chi connectivity index (χ2n) is 6.99. The molecular weight excluding hydrogens is 240 g/mol. The van der Waals surface area contributed by atoms with Gasteiger partial charge in [0.25, 0.3) is 0 Å². The first kappa shape index (κ1) is 12.9. The molecule has 0 aromatic heterocycles. The predicted molar refractivity (Wildman–Crippen MR) is 72.4 cm³/mol. The van der Waals surface area contributed by atoms with Crippen LogP contribution in [0.15, 0.2) is 0 Å². The summed E-state index contributed by atoms with van der Waals surface area (Å²) in [5, 5.41) is 2.94. The lowest BCUT2D eigenvalue weighted by atomic mass is 9.90. The monoisotopic (exact) mass is 264 g/mol. The van der Waals surface area contributed by atoms with Crippen LogP contribution in [-0.2, 0) is 9.59 Å². The van der Waals surface area contributed by atoms with E-state index in [4.69, 9.17) is 0 Å². The summed E-state index contributed by atoms with van der Waals surface area (Å²) in [7, 11) is 0. The molecule has 3 fully saturated rings. The van der Waals surface area contributed by atoms with E-state index in [1.54, 1.807) is 0 Å². The van der Waals surface area contributed by atoms with Gasteiger partial charge in [-0.1, -0.05) is 13.3 Å². The van der Waals surface area contributed by atoms with Crippen molar-refractivity contribution in [1.29, 1.82) is 0 Å². The van der Waals surface area contributed by atoms with Gasteiger partial charge in [-0.05, 0) is 50.4 Å². The molecule has 4 nitrogen and oxygen atoms in total. The molecule has 2 aliphatic carbocycles. The van der Waals surface area contributed by atoms with Crippen molar-refractivity contribution in [1.82, 2.24) is 10.2 Å². The van der Waals surface area contributed by atoms with Gasteiger partial charge in [0.15, 0.2) is 0 Å². The SMILES string of the molecule is CC1CCC(CN2CC(=O)NC(C)(C3CC3)C2=O)C1. The number of hydrogen-bond acceptors (Lipinski definition) is 2. The van der Waals surface area contributed by atoms with E-state index in [9.17, 15) is 9.59 Å². The second-order valence-corrected chi connectivity index (χ2v) is 6.99. The van der Waals surface area contributed by atoms with Crippen LogP contribution in [0.2, 0.25) is 0 Å². The highest BCUT2D eigenvalue weighted by molar-refractivity contribution is 5.98. The molecule has 0 radical (unpaired) electrons. The number of nitrogens with one attached hydrogen (secondary N) is 1. The Bertz CT molecular complexity index is 405. The molecule has 1 saturated heterocycles. The third-order valence-electron chi connectivity index (χ3n) is 5.14. The van der Waals surface area contributed by atoms with Crippen LogP contribution in [0.25, 0.3) is 0 Å². The van der Waals surface area contributed by atoms with Crippen LogP contribution in [0.1, 0.15) is 46.0 Å². The normalized spacial score (nSPS) is 39.6. The molecule has 19 heavy (non-hydrogen) atoms. The van der Waals surface area contributed by atoms with Gasteiger partial charge in [-0.15, -0.1) is 0 Å². The fourth-order valence-corrected chi connectivity index (χ4v) is 3.84. The highest BCUT2D eigenvalue weighted by atomic mass is 16.2. The quantitative estimate of drug-likeness (QED) is 0.841. The van der Waals surface area contributed by atoms with Gasteiger partial charge in [0.1, 0.15) is 5.54 Å². The average molecular weight is 264 g/mol. The zero-order valence-corrected chi connectivity index (χ0v) is 11.9. The molecule has 0 spiro atoms. The maximum atomic E-state index is 12.7. The van der Waals surface area contributed by atoms with Crippen molar-refractivity contribution >= 4 is 11.8 Å². The number of carbonyl (C=O) groups is 2. The fourth-order valence-electron chi connectivity index (χ4n) is 3.84. The standard InChI is InChI=1S/C15H24N2O2/c1-10-3-4-11(7-10)8-17-9-13(18)16-15(2,14(17)19)12-5-6-12/h10-12H,3-9H2,1-2H3,(H,16,18). The third kappa shape index (κ3) is 2.37. The van der Waals surface area contributed by atoms with Crippen molar-refractivity contribution in [3.8, 4) is 0 Å². The topological polar surface area (TPSA) is 49.4 Å². The molecule has 106 valence electrons. The summed E-state index contributed by atoms with van der Waals surface area (Å²) in [4.78, 5) is 26.4. The van der Waals surface area contributed by atoms with E-state index in [-0.39, 0.29) is 18.4 Å². The van der Waals surface area contributed by atoms with Gasteiger partial charge in [-0.2, -0.15) is 0 Å². The minimum Gasteiger partial charge on any atom is -0.340 e. The number of amides is 2. The van der Waals surface area contributed by atoms with E-state index in [1.807, 2.05) is 11.8 Å². The maximum absolute atomic E-state index is 12.7. The number of hydrogen-bond donors (Lipinski definition) is 1. The molecule has 2 saturated carbocycles. The van der Waals surface area contributed by atoms with Gasteiger partial charge >= 0.3 is 0 Å². The smallest absolute Gasteiger partial charge is 0.248 e. The highest BCUT2D eigenvalue weighted by Crippen LogP contribution is 2.42. The molecule has 1 N–H and O–H groups in total. The number of piperazine rings is 1. The summed E-state index contributed by atoms with van der Waals surface area (Å²) in [5.74, 6) is 1.88. The van der Waals surface area contributed by atoms with E-state index < -0.39 is 5.54 Å². The third-order valence-corrected chi connectivity index (χ3v) is 5.14. The van der Waals surface area contributed by atoms with Gasteiger partial charge in [-0.25, -0.2) is 0 Å². The summed E-state index contributed by atoms with van der Waals surface area (Å²) in [5.41, 5.74) is -0.625. The molecule has 4 heteroatoms. The molecule has 0 aromatic rings. The molecule has 2 amide bonds. The number of carbonyl (C=O) groups excluding carboxylic acids is 2. The first-order chi connectivity index (χ1) is 8.99. The van der Waals surface area contributed by atoms with Crippen LogP contribution in [0.5, 0.6) is 0 Å². The minimum absolute atomic E-state index is 0.0139. The van der Waals surface area contributed by atoms with E-state index in [0.29, 0.717) is 11.8 Å². The summed E-state index contributed by atoms with van der Waals surface area (Å²) < 4.78 is 0. The van der Waals surface area contributed by atoms with E-state index in [2.05, 4.69) is 12.2 Å². The Balaban J connectivity index is 1.70. The first-order valence-corrected chi connectivity index (χ1v) is 7.59. The maximum Gasteiger partial charge on any atom is 0.248 e. The summed E-state index contributed by atoms with van der Waals surface area (Å²) >= 11 is 0. The Morgan fingerprint density at radius 2 is 2.00 bits per heavy atom. The molecule has 0 aromatic carbocycles. The fraction of sp³-hybridized carbons (Fsp3) is 0.867. The lowest BCUT2D eigenvalue weighted by molar-refractivity contribution is -0.150. The average Bonchev–Trinajstić information content (AvgIpc) is 3.11. The van der Waals surface area contributed by atoms with Crippen molar-refractivity contribution in [2.24, 2.45) is 17.8 Å². The summed E-state index contributed by atoms with van der Waals surface area (Å²) in [6, 6.07) is 0. The molecule has 1 aliphatic heterocycles. The van der Waals surface area contributed by atoms with E-state index in [1.165, 1.54) is 19.3 Å². The van der Waals surface area contributed by atoms with Gasteiger partial charge in [0, 0.05) is 6.54 Å². The lowest BCUT2D eigenvalue weighted by Gasteiger charge is -2.41. The number of rotatable bonds is 3. The van der Waals surface area contributed by atoms with E-state index >= 15 is 0 Å². The summed E-state index contributed by atoms with van der Waals surface area (Å²) in [6.45, 7) is 5.22. The zero-order chi connectivity index (χ0) is 13.6. The van der Waals surface area contributed by atoms with E-state index in [0.717, 1.165) is 25.3 Å². The van der Waals surface area contributed by atoms with Gasteiger partial charge in [0.05, 0.1) is 6.54 Å². The van der Waals surface area contributed by atoms with Crippen molar-refractivity contribution < 1.29 is 9.59 Å². The minimum atomic E-state index is -0.625. The van der Waals surface area contributed by atoms with Crippen molar-refractivity contribution in [2.45, 2.75) is 51.5 Å². The Labute approximate surface area is 114 Å². The largest absolute Gasteiger partial charge is 0.340 e. The molecule has 3 aliphatic rings. The highest BCUT2D eigenvalue weighted by Gasteiger charge is 2.52. The van der Waals surface area contributed by atoms with Gasteiger partial charge < -0.3 is 10.2 Å². The Hall–Kier alpha value is -1.06. The van der Waals surface area contributed by atoms with Crippen molar-refractivity contribution in [3.05, 3.63) is 0 Å². The predicted octanol–water partition coefficient (Wildman–Crippen LogP) is 1.55.